The first kappa shape index (κ1) is 18.7. The highest BCUT2D eigenvalue weighted by molar-refractivity contribution is 5.95. The summed E-state index contributed by atoms with van der Waals surface area (Å²) < 4.78 is 43.5. The highest BCUT2D eigenvalue weighted by atomic mass is 19.4. The van der Waals surface area contributed by atoms with Crippen molar-refractivity contribution in [1.82, 2.24) is 10.5 Å². The van der Waals surface area contributed by atoms with Crippen molar-refractivity contribution in [2.45, 2.75) is 26.6 Å². The van der Waals surface area contributed by atoms with E-state index >= 15 is 0 Å². The maximum absolute atomic E-state index is 12.8. The number of aryl methyl sites for hydroxylation is 2. The van der Waals surface area contributed by atoms with Crippen molar-refractivity contribution in [3.8, 4) is 11.1 Å². The van der Waals surface area contributed by atoms with Gasteiger partial charge in [0.25, 0.3) is 5.91 Å². The van der Waals surface area contributed by atoms with Gasteiger partial charge in [0, 0.05) is 17.7 Å². The van der Waals surface area contributed by atoms with E-state index in [9.17, 15) is 18.0 Å². The first-order valence-corrected chi connectivity index (χ1v) is 8.23. The molecule has 0 aliphatic rings. The number of rotatable bonds is 4. The molecule has 7 heteroatoms. The Morgan fingerprint density at radius 3 is 2.52 bits per heavy atom. The third-order valence-corrected chi connectivity index (χ3v) is 4.15. The molecule has 0 fully saturated rings. The summed E-state index contributed by atoms with van der Waals surface area (Å²) in [7, 11) is 0. The smallest absolute Gasteiger partial charge is 0.361 e. The number of carbonyl (C=O) groups is 1. The van der Waals surface area contributed by atoms with Gasteiger partial charge in [0.05, 0.1) is 11.3 Å². The third-order valence-electron chi connectivity index (χ3n) is 4.15. The standard InChI is InChI=1S/C20H17F3N2O2/c1-12-18(13(2)27-25-12)15-6-4-7-16(10-15)19(26)24-11-14-5-3-8-17(9-14)20(21,22)23/h3-10H,11H2,1-2H3,(H,24,26). The summed E-state index contributed by atoms with van der Waals surface area (Å²) in [4.78, 5) is 12.4. The Labute approximate surface area is 154 Å². The second-order valence-corrected chi connectivity index (χ2v) is 6.16. The Hall–Kier alpha value is -3.09. The average molecular weight is 374 g/mol. The van der Waals surface area contributed by atoms with Gasteiger partial charge in [-0.25, -0.2) is 0 Å². The van der Waals surface area contributed by atoms with Crippen LogP contribution in [0.2, 0.25) is 0 Å². The quantitative estimate of drug-likeness (QED) is 0.706. The van der Waals surface area contributed by atoms with Crippen molar-refractivity contribution >= 4 is 5.91 Å². The highest BCUT2D eigenvalue weighted by Crippen LogP contribution is 2.30. The van der Waals surface area contributed by atoms with Gasteiger partial charge in [-0.1, -0.05) is 29.4 Å². The summed E-state index contributed by atoms with van der Waals surface area (Å²) in [5.74, 6) is 0.273. The lowest BCUT2D eigenvalue weighted by molar-refractivity contribution is -0.137. The second-order valence-electron chi connectivity index (χ2n) is 6.16. The number of alkyl halides is 3. The lowest BCUT2D eigenvalue weighted by atomic mass is 10.0. The zero-order chi connectivity index (χ0) is 19.6. The maximum Gasteiger partial charge on any atom is 0.416 e. The SMILES string of the molecule is Cc1noc(C)c1-c1cccc(C(=O)NCc2cccc(C(F)(F)F)c2)c1. The molecule has 0 aliphatic carbocycles. The van der Waals surface area contributed by atoms with Crippen LogP contribution in [0.25, 0.3) is 11.1 Å². The monoisotopic (exact) mass is 374 g/mol. The maximum atomic E-state index is 12.8. The summed E-state index contributed by atoms with van der Waals surface area (Å²) in [5, 5.41) is 6.55. The van der Waals surface area contributed by atoms with E-state index in [0.29, 0.717) is 22.6 Å². The number of amides is 1. The molecule has 0 radical (unpaired) electrons. The molecule has 1 aromatic heterocycles. The van der Waals surface area contributed by atoms with Crippen LogP contribution in [-0.2, 0) is 12.7 Å². The van der Waals surface area contributed by atoms with E-state index < -0.39 is 11.7 Å². The van der Waals surface area contributed by atoms with E-state index in [1.54, 1.807) is 25.1 Å². The van der Waals surface area contributed by atoms with Gasteiger partial charge >= 0.3 is 6.18 Å². The average Bonchev–Trinajstić information content (AvgIpc) is 2.98. The van der Waals surface area contributed by atoms with E-state index in [-0.39, 0.29) is 12.5 Å². The van der Waals surface area contributed by atoms with Crippen molar-refractivity contribution in [2.75, 3.05) is 0 Å². The molecule has 27 heavy (non-hydrogen) atoms. The number of hydrogen-bond acceptors (Lipinski definition) is 3. The number of halogens is 3. The Morgan fingerprint density at radius 1 is 1.11 bits per heavy atom. The van der Waals surface area contributed by atoms with Gasteiger partial charge in [-0.3, -0.25) is 4.79 Å². The van der Waals surface area contributed by atoms with Gasteiger partial charge in [-0.15, -0.1) is 0 Å². The lowest BCUT2D eigenvalue weighted by Gasteiger charge is -2.10. The van der Waals surface area contributed by atoms with Crippen molar-refractivity contribution in [3.63, 3.8) is 0 Å². The summed E-state index contributed by atoms with van der Waals surface area (Å²) in [6.45, 7) is 3.60. The zero-order valence-electron chi connectivity index (χ0n) is 14.7. The lowest BCUT2D eigenvalue weighted by Crippen LogP contribution is -2.23. The van der Waals surface area contributed by atoms with Crippen molar-refractivity contribution < 1.29 is 22.5 Å². The molecule has 0 aliphatic heterocycles. The second kappa shape index (κ2) is 7.26. The summed E-state index contributed by atoms with van der Waals surface area (Å²) in [6, 6.07) is 11.8. The molecule has 3 aromatic rings. The number of hydrogen-bond donors (Lipinski definition) is 1. The number of benzene rings is 2. The molecule has 2 aromatic carbocycles. The van der Waals surface area contributed by atoms with Gasteiger partial charge < -0.3 is 9.84 Å². The van der Waals surface area contributed by atoms with Gasteiger partial charge in [-0.05, 0) is 49.2 Å². The molecule has 0 atom stereocenters. The van der Waals surface area contributed by atoms with Crippen molar-refractivity contribution in [2.24, 2.45) is 0 Å². The van der Waals surface area contributed by atoms with Crippen LogP contribution in [0.3, 0.4) is 0 Å². The molecule has 0 saturated carbocycles. The number of nitrogens with one attached hydrogen (secondary N) is 1. The Morgan fingerprint density at radius 2 is 1.85 bits per heavy atom. The molecular formula is C20H17F3N2O2. The van der Waals surface area contributed by atoms with E-state index in [2.05, 4.69) is 10.5 Å². The van der Waals surface area contributed by atoms with E-state index in [1.807, 2.05) is 13.0 Å². The minimum absolute atomic E-state index is 0.00168. The molecule has 1 heterocycles. The van der Waals surface area contributed by atoms with Crippen LogP contribution >= 0.6 is 0 Å². The first-order chi connectivity index (χ1) is 12.8. The molecule has 1 N–H and O–H groups in total. The summed E-state index contributed by atoms with van der Waals surface area (Å²) in [5.41, 5.74) is 2.36. The molecule has 4 nitrogen and oxygen atoms in total. The van der Waals surface area contributed by atoms with Crippen LogP contribution in [0, 0.1) is 13.8 Å². The Balaban J connectivity index is 1.75. The van der Waals surface area contributed by atoms with E-state index in [1.165, 1.54) is 12.1 Å². The summed E-state index contributed by atoms with van der Waals surface area (Å²) in [6.07, 6.45) is -4.41. The fourth-order valence-corrected chi connectivity index (χ4v) is 2.85. The predicted octanol–water partition coefficient (Wildman–Crippen LogP) is 4.91. The van der Waals surface area contributed by atoms with Gasteiger partial charge in [0.1, 0.15) is 5.76 Å². The van der Waals surface area contributed by atoms with Crippen molar-refractivity contribution in [1.29, 1.82) is 0 Å². The van der Waals surface area contributed by atoms with Crippen molar-refractivity contribution in [3.05, 3.63) is 76.7 Å². The Bertz CT molecular complexity index is 958. The van der Waals surface area contributed by atoms with E-state index in [0.717, 1.165) is 23.3 Å². The molecule has 0 unspecified atom stereocenters. The third kappa shape index (κ3) is 4.19. The van der Waals surface area contributed by atoms with Crippen LogP contribution < -0.4 is 5.32 Å². The largest absolute Gasteiger partial charge is 0.416 e. The number of aromatic nitrogens is 1. The fraction of sp³-hybridized carbons (Fsp3) is 0.200. The normalized spacial score (nSPS) is 11.4. The van der Waals surface area contributed by atoms with Gasteiger partial charge in [-0.2, -0.15) is 13.2 Å². The molecule has 0 saturated heterocycles. The minimum atomic E-state index is -4.41. The van der Waals surface area contributed by atoms with Crippen LogP contribution in [0.4, 0.5) is 13.2 Å². The fourth-order valence-electron chi connectivity index (χ4n) is 2.85. The van der Waals surface area contributed by atoms with Crippen LogP contribution in [0.1, 0.15) is 32.9 Å². The topological polar surface area (TPSA) is 55.1 Å². The van der Waals surface area contributed by atoms with Crippen LogP contribution in [0.15, 0.2) is 53.1 Å². The molecule has 140 valence electrons. The molecule has 1 amide bonds. The highest BCUT2D eigenvalue weighted by Gasteiger charge is 2.30. The number of nitrogens with zero attached hydrogens (tertiary/aromatic N) is 1. The molecular weight excluding hydrogens is 357 g/mol. The minimum Gasteiger partial charge on any atom is -0.361 e. The molecule has 0 bridgehead atoms. The number of carbonyl (C=O) groups excluding carboxylic acids is 1. The van der Waals surface area contributed by atoms with Crippen LogP contribution in [0.5, 0.6) is 0 Å². The zero-order valence-corrected chi connectivity index (χ0v) is 14.7. The first-order valence-electron chi connectivity index (χ1n) is 8.23. The van der Waals surface area contributed by atoms with Gasteiger partial charge in [0.2, 0.25) is 0 Å². The van der Waals surface area contributed by atoms with Gasteiger partial charge in [0.15, 0.2) is 0 Å². The Kier molecular flexibility index (Phi) is 5.03. The predicted molar refractivity (Wildman–Crippen MR) is 94.0 cm³/mol. The molecule has 3 rings (SSSR count). The van der Waals surface area contributed by atoms with Crippen LogP contribution in [-0.4, -0.2) is 11.1 Å². The molecule has 0 spiro atoms. The summed E-state index contributed by atoms with van der Waals surface area (Å²) >= 11 is 0. The van der Waals surface area contributed by atoms with E-state index in [4.69, 9.17) is 4.52 Å².